The van der Waals surface area contributed by atoms with Gasteiger partial charge in [-0.3, -0.25) is 4.79 Å². The molecule has 0 radical (unpaired) electrons. The van der Waals surface area contributed by atoms with Crippen molar-refractivity contribution in [3.8, 4) is 11.3 Å². The molecule has 3 atom stereocenters. The third-order valence-electron chi connectivity index (χ3n) is 4.22. The maximum absolute atomic E-state index is 11.0. The van der Waals surface area contributed by atoms with Crippen molar-refractivity contribution in [1.29, 1.82) is 0 Å². The van der Waals surface area contributed by atoms with Gasteiger partial charge in [0.25, 0.3) is 0 Å². The molecule has 3 nitrogen and oxygen atoms in total. The van der Waals surface area contributed by atoms with Gasteiger partial charge in [-0.1, -0.05) is 12.1 Å². The second kappa shape index (κ2) is 3.25. The Bertz CT molecular complexity index is 627. The molecule has 90 valence electrons. The monoisotopic (exact) mass is 240 g/mol. The Kier molecular flexibility index (Phi) is 1.80. The van der Waals surface area contributed by atoms with Crippen LogP contribution in [0.15, 0.2) is 41.0 Å². The number of hydrogen-bond donors (Lipinski definition) is 1. The minimum atomic E-state index is -0.647. The van der Waals surface area contributed by atoms with Crippen LogP contribution in [0.4, 0.5) is 0 Å². The van der Waals surface area contributed by atoms with E-state index >= 15 is 0 Å². The van der Waals surface area contributed by atoms with Crippen molar-refractivity contribution in [2.24, 2.45) is 11.8 Å². The van der Waals surface area contributed by atoms with Crippen LogP contribution in [0, 0.1) is 11.8 Å². The molecule has 1 aromatic carbocycles. The van der Waals surface area contributed by atoms with Crippen LogP contribution < -0.4 is 0 Å². The molecule has 18 heavy (non-hydrogen) atoms. The van der Waals surface area contributed by atoms with Gasteiger partial charge in [0, 0.05) is 11.5 Å². The number of carboxylic acid groups (broad SMARTS) is 1. The van der Waals surface area contributed by atoms with E-state index in [9.17, 15) is 4.79 Å². The maximum atomic E-state index is 11.0. The minimum absolute atomic E-state index is 0.146. The molecule has 0 unspecified atom stereocenters. The lowest BCUT2D eigenvalue weighted by molar-refractivity contribution is -0.139. The molecular formula is C15H12O3. The molecule has 1 N–H and O–H groups in total. The summed E-state index contributed by atoms with van der Waals surface area (Å²) in [5, 5.41) is 9.07. The second-order valence-electron chi connectivity index (χ2n) is 5.15. The van der Waals surface area contributed by atoms with E-state index in [1.54, 1.807) is 6.26 Å². The lowest BCUT2D eigenvalue weighted by atomic mass is 9.99. The van der Waals surface area contributed by atoms with Crippen molar-refractivity contribution >= 4 is 5.97 Å². The number of carboxylic acids is 1. The van der Waals surface area contributed by atoms with Crippen molar-refractivity contribution in [3.63, 3.8) is 0 Å². The number of carbonyl (C=O) groups is 1. The van der Waals surface area contributed by atoms with Crippen LogP contribution in [0.25, 0.3) is 11.3 Å². The molecular weight excluding hydrogens is 228 g/mol. The Morgan fingerprint density at radius 1 is 1.33 bits per heavy atom. The summed E-state index contributed by atoms with van der Waals surface area (Å²) in [5.74, 6) is 0.651. The predicted molar refractivity (Wildman–Crippen MR) is 65.2 cm³/mol. The van der Waals surface area contributed by atoms with E-state index in [-0.39, 0.29) is 11.8 Å². The van der Waals surface area contributed by atoms with E-state index in [0.717, 1.165) is 17.7 Å². The van der Waals surface area contributed by atoms with Gasteiger partial charge in [-0.25, -0.2) is 0 Å². The topological polar surface area (TPSA) is 50.4 Å². The third kappa shape index (κ3) is 1.22. The zero-order valence-electron chi connectivity index (χ0n) is 9.67. The molecule has 0 saturated heterocycles. The van der Waals surface area contributed by atoms with E-state index in [1.165, 1.54) is 11.1 Å². The fraction of sp³-hybridized carbons (Fsp3) is 0.267. The second-order valence-corrected chi connectivity index (χ2v) is 5.15. The summed E-state index contributed by atoms with van der Waals surface area (Å²) in [6.07, 6.45) is 2.56. The van der Waals surface area contributed by atoms with Crippen molar-refractivity contribution < 1.29 is 14.3 Å². The number of rotatable bonds is 2. The summed E-state index contributed by atoms with van der Waals surface area (Å²) in [7, 11) is 0. The van der Waals surface area contributed by atoms with Crippen LogP contribution in [-0.2, 0) is 11.2 Å². The number of fused-ring (bicyclic) bond motifs is 3. The normalized spacial score (nSPS) is 27.7. The fourth-order valence-corrected chi connectivity index (χ4v) is 3.35. The Morgan fingerprint density at radius 2 is 2.22 bits per heavy atom. The van der Waals surface area contributed by atoms with Gasteiger partial charge in [-0.05, 0) is 41.7 Å². The highest BCUT2D eigenvalue weighted by Gasteiger charge is 2.59. The van der Waals surface area contributed by atoms with Gasteiger partial charge < -0.3 is 9.52 Å². The highest BCUT2D eigenvalue weighted by molar-refractivity contribution is 5.78. The lowest BCUT2D eigenvalue weighted by Crippen LogP contribution is -2.05. The van der Waals surface area contributed by atoms with Crippen LogP contribution in [0.2, 0.25) is 0 Å². The van der Waals surface area contributed by atoms with Gasteiger partial charge in [0.15, 0.2) is 0 Å². The lowest BCUT2D eigenvalue weighted by Gasteiger charge is -2.07. The van der Waals surface area contributed by atoms with E-state index in [4.69, 9.17) is 9.52 Å². The molecule has 4 rings (SSSR count). The summed E-state index contributed by atoms with van der Waals surface area (Å²) in [6.45, 7) is 0. The number of aliphatic carboxylic acids is 1. The highest BCUT2D eigenvalue weighted by Crippen LogP contribution is 2.61. The molecule has 0 aliphatic heterocycles. The molecule has 0 spiro atoms. The van der Waals surface area contributed by atoms with Gasteiger partial charge in [-0.2, -0.15) is 0 Å². The first-order valence-corrected chi connectivity index (χ1v) is 6.15. The maximum Gasteiger partial charge on any atom is 0.307 e. The first-order valence-electron chi connectivity index (χ1n) is 6.15. The number of benzene rings is 1. The van der Waals surface area contributed by atoms with Crippen molar-refractivity contribution in [1.82, 2.24) is 0 Å². The zero-order chi connectivity index (χ0) is 12.3. The number of hydrogen-bond acceptors (Lipinski definition) is 2. The van der Waals surface area contributed by atoms with Gasteiger partial charge >= 0.3 is 5.97 Å². The summed E-state index contributed by atoms with van der Waals surface area (Å²) in [5.41, 5.74) is 3.59. The van der Waals surface area contributed by atoms with E-state index in [2.05, 4.69) is 12.1 Å². The molecule has 1 saturated carbocycles. The molecule has 2 aromatic rings. The molecule has 1 fully saturated rings. The Labute approximate surface area is 104 Å². The van der Waals surface area contributed by atoms with Crippen LogP contribution in [0.3, 0.4) is 0 Å². The van der Waals surface area contributed by atoms with Crippen molar-refractivity contribution in [2.45, 2.75) is 12.3 Å². The van der Waals surface area contributed by atoms with Crippen LogP contribution in [0.5, 0.6) is 0 Å². The molecule has 1 aromatic heterocycles. The molecule has 2 aliphatic rings. The standard InChI is InChI=1S/C15H12O3/c16-15(17)14-11-7-9-6-8(12-2-1-5-18-12)3-4-10(9)13(11)14/h1-6,11,13-14H,7H2,(H,16,17)/t11-,13-,14-/m1/s1. The predicted octanol–water partition coefficient (Wildman–Crippen LogP) is 2.92. The van der Waals surface area contributed by atoms with E-state index in [0.29, 0.717) is 5.92 Å². The Morgan fingerprint density at radius 3 is 2.94 bits per heavy atom. The average molecular weight is 240 g/mol. The summed E-state index contributed by atoms with van der Waals surface area (Å²) >= 11 is 0. The average Bonchev–Trinajstić information content (AvgIpc) is 2.79. The van der Waals surface area contributed by atoms with Crippen LogP contribution >= 0.6 is 0 Å². The van der Waals surface area contributed by atoms with E-state index in [1.807, 2.05) is 18.2 Å². The summed E-state index contributed by atoms with van der Waals surface area (Å²) in [6, 6.07) is 10.1. The Balaban J connectivity index is 1.71. The first-order chi connectivity index (χ1) is 8.75. The van der Waals surface area contributed by atoms with Crippen molar-refractivity contribution in [2.75, 3.05) is 0 Å². The van der Waals surface area contributed by atoms with Crippen molar-refractivity contribution in [3.05, 3.63) is 47.7 Å². The largest absolute Gasteiger partial charge is 0.481 e. The van der Waals surface area contributed by atoms with Gasteiger partial charge in [0.2, 0.25) is 0 Å². The summed E-state index contributed by atoms with van der Waals surface area (Å²) in [4.78, 5) is 11.0. The molecule has 0 amide bonds. The highest BCUT2D eigenvalue weighted by atomic mass is 16.4. The molecule has 0 bridgehead atoms. The number of furan rings is 1. The fourth-order valence-electron chi connectivity index (χ4n) is 3.35. The zero-order valence-corrected chi connectivity index (χ0v) is 9.67. The van der Waals surface area contributed by atoms with Crippen LogP contribution in [0.1, 0.15) is 17.0 Å². The van der Waals surface area contributed by atoms with Gasteiger partial charge in [0.05, 0.1) is 12.2 Å². The minimum Gasteiger partial charge on any atom is -0.481 e. The third-order valence-corrected chi connectivity index (χ3v) is 4.22. The smallest absolute Gasteiger partial charge is 0.307 e. The summed E-state index contributed by atoms with van der Waals surface area (Å²) < 4.78 is 5.38. The molecule has 3 heteroatoms. The SMILES string of the molecule is O=C(O)[C@@H]1[C@@H]2Cc3cc(-c4ccco4)ccc3[C@H]21. The van der Waals surface area contributed by atoms with Crippen LogP contribution in [-0.4, -0.2) is 11.1 Å². The quantitative estimate of drug-likeness (QED) is 0.878. The van der Waals surface area contributed by atoms with Gasteiger partial charge in [0.1, 0.15) is 5.76 Å². The molecule has 2 aliphatic carbocycles. The molecule has 1 heterocycles. The Hall–Kier alpha value is -2.03. The van der Waals surface area contributed by atoms with E-state index < -0.39 is 5.97 Å². The first kappa shape index (κ1) is 9.95. The van der Waals surface area contributed by atoms with Gasteiger partial charge in [-0.15, -0.1) is 0 Å².